The number of hydrogen-bond donors (Lipinski definition) is 1. The van der Waals surface area contributed by atoms with Gasteiger partial charge in [0.2, 0.25) is 0 Å². The highest BCUT2D eigenvalue weighted by Gasteiger charge is 2.22. The molecule has 0 spiro atoms. The van der Waals surface area contributed by atoms with Crippen LogP contribution in [0, 0.1) is 24.0 Å². The Labute approximate surface area is 177 Å². The van der Waals surface area contributed by atoms with E-state index in [0.29, 0.717) is 11.3 Å². The number of Topliss-reactive ketones (excluding diaryl/α,β-unsaturated/α-hetero) is 1. The fraction of sp³-hybridized carbons (Fsp3) is 0.227. The minimum atomic E-state index is -1.09. The summed E-state index contributed by atoms with van der Waals surface area (Å²) in [6.07, 6.45) is 0.943. The van der Waals surface area contributed by atoms with Crippen molar-refractivity contribution in [2.45, 2.75) is 33.4 Å². The summed E-state index contributed by atoms with van der Waals surface area (Å²) in [6, 6.07) is 12.3. The molecule has 0 saturated heterocycles. The van der Waals surface area contributed by atoms with Crippen LogP contribution in [0.4, 0.5) is 5.69 Å². The summed E-state index contributed by atoms with van der Waals surface area (Å²) in [4.78, 5) is 47.4. The first-order valence-electron chi connectivity index (χ1n) is 9.57. The maximum absolute atomic E-state index is 13.0. The van der Waals surface area contributed by atoms with Crippen LogP contribution in [0.25, 0.3) is 0 Å². The van der Waals surface area contributed by atoms with Gasteiger partial charge in [0.25, 0.3) is 17.2 Å². The lowest BCUT2D eigenvalue weighted by molar-refractivity contribution is -0.385. The van der Waals surface area contributed by atoms with Gasteiger partial charge in [0.05, 0.1) is 23.7 Å². The Morgan fingerprint density at radius 1 is 1.13 bits per heavy atom. The quantitative estimate of drug-likeness (QED) is 0.355. The predicted octanol–water partition coefficient (Wildman–Crippen LogP) is 2.77. The zero-order chi connectivity index (χ0) is 22.9. The van der Waals surface area contributed by atoms with Crippen molar-refractivity contribution >= 4 is 17.4 Å². The second kappa shape index (κ2) is 8.39. The highest BCUT2D eigenvalue weighted by atomic mass is 16.6. The van der Waals surface area contributed by atoms with Crippen LogP contribution in [-0.2, 0) is 6.54 Å². The van der Waals surface area contributed by atoms with Crippen LogP contribution in [0.3, 0.4) is 0 Å². The highest BCUT2D eigenvalue weighted by Crippen LogP contribution is 2.26. The monoisotopic (exact) mass is 422 g/mol. The molecular formula is C22H22N4O5. The third-order valence-electron chi connectivity index (χ3n) is 5.32. The van der Waals surface area contributed by atoms with Gasteiger partial charge in [-0.25, -0.2) is 0 Å². The topological polar surface area (TPSA) is 130 Å². The van der Waals surface area contributed by atoms with Crippen LogP contribution in [0.2, 0.25) is 0 Å². The molecule has 1 atom stereocenters. The van der Waals surface area contributed by atoms with Gasteiger partial charge < -0.3 is 14.9 Å². The summed E-state index contributed by atoms with van der Waals surface area (Å²) in [5.74, 6) is -1.50. The first kappa shape index (κ1) is 21.7. The third kappa shape index (κ3) is 4.16. The lowest BCUT2D eigenvalue weighted by Gasteiger charge is -2.19. The summed E-state index contributed by atoms with van der Waals surface area (Å²) in [5, 5.41) is 11.2. The largest absolute Gasteiger partial charge is 0.365 e. The van der Waals surface area contributed by atoms with E-state index in [0.717, 1.165) is 28.1 Å². The Bertz CT molecular complexity index is 1240. The SMILES string of the molecule is Cc1cc(C(=O)Cn2cc([N+](=O)[O-])cc(C(N)=O)c2=O)c(C)n1[C@H](C)c1ccccc1. The maximum atomic E-state index is 13.0. The number of amides is 1. The van der Waals surface area contributed by atoms with E-state index in [1.165, 1.54) is 0 Å². The van der Waals surface area contributed by atoms with E-state index in [1.54, 1.807) is 6.07 Å². The molecule has 0 radical (unpaired) electrons. The van der Waals surface area contributed by atoms with E-state index in [2.05, 4.69) is 0 Å². The molecule has 3 rings (SSSR count). The van der Waals surface area contributed by atoms with Crippen molar-refractivity contribution in [3.8, 4) is 0 Å². The van der Waals surface area contributed by atoms with Crippen molar-refractivity contribution in [1.82, 2.24) is 9.13 Å². The van der Waals surface area contributed by atoms with Gasteiger partial charge in [-0.15, -0.1) is 0 Å². The molecule has 160 valence electrons. The molecule has 0 fully saturated rings. The lowest BCUT2D eigenvalue weighted by atomic mass is 10.1. The van der Waals surface area contributed by atoms with Gasteiger partial charge in [-0.3, -0.25) is 24.5 Å². The first-order valence-corrected chi connectivity index (χ1v) is 9.57. The van der Waals surface area contributed by atoms with Crippen molar-refractivity contribution in [2.75, 3.05) is 0 Å². The zero-order valence-corrected chi connectivity index (χ0v) is 17.4. The number of benzene rings is 1. The maximum Gasteiger partial charge on any atom is 0.286 e. The van der Waals surface area contributed by atoms with Gasteiger partial charge in [0.1, 0.15) is 5.56 Å². The number of pyridine rings is 1. The van der Waals surface area contributed by atoms with Crippen molar-refractivity contribution < 1.29 is 14.5 Å². The average Bonchev–Trinajstić information content (AvgIpc) is 3.03. The van der Waals surface area contributed by atoms with Crippen LogP contribution in [-0.4, -0.2) is 25.7 Å². The van der Waals surface area contributed by atoms with Gasteiger partial charge in [-0.1, -0.05) is 30.3 Å². The Morgan fingerprint density at radius 2 is 1.77 bits per heavy atom. The van der Waals surface area contributed by atoms with Crippen molar-refractivity contribution in [3.63, 3.8) is 0 Å². The fourth-order valence-electron chi connectivity index (χ4n) is 3.79. The van der Waals surface area contributed by atoms with Gasteiger partial charge >= 0.3 is 0 Å². The van der Waals surface area contributed by atoms with Gasteiger partial charge in [-0.05, 0) is 32.4 Å². The number of aryl methyl sites for hydroxylation is 1. The molecule has 0 saturated carbocycles. The molecule has 0 unspecified atom stereocenters. The number of aromatic nitrogens is 2. The number of primary amides is 1. The van der Waals surface area contributed by atoms with Crippen molar-refractivity contribution in [1.29, 1.82) is 0 Å². The summed E-state index contributed by atoms with van der Waals surface area (Å²) >= 11 is 0. The first-order chi connectivity index (χ1) is 14.6. The zero-order valence-electron chi connectivity index (χ0n) is 17.4. The van der Waals surface area contributed by atoms with Crippen molar-refractivity contribution in [3.05, 3.63) is 97.2 Å². The minimum absolute atomic E-state index is 0.0234. The van der Waals surface area contributed by atoms with Crippen LogP contribution in [0.15, 0.2) is 53.5 Å². The summed E-state index contributed by atoms with van der Waals surface area (Å²) in [7, 11) is 0. The van der Waals surface area contributed by atoms with Crippen molar-refractivity contribution in [2.24, 2.45) is 5.73 Å². The molecule has 2 heterocycles. The highest BCUT2D eigenvalue weighted by molar-refractivity contribution is 5.97. The Hall–Kier alpha value is -4.01. The molecule has 0 aliphatic carbocycles. The number of nitro groups is 1. The number of carbonyl (C=O) groups is 2. The van der Waals surface area contributed by atoms with Crippen LogP contribution < -0.4 is 11.3 Å². The molecule has 3 aromatic rings. The van der Waals surface area contributed by atoms with E-state index < -0.39 is 40.0 Å². The van der Waals surface area contributed by atoms with E-state index in [-0.39, 0.29) is 6.04 Å². The standard InChI is InChI=1S/C22H22N4O5/c1-13-9-18(15(3)25(13)14(2)16-7-5-4-6-8-16)20(27)12-24-11-17(26(30)31)10-19(21(23)28)22(24)29/h4-11,14H,12H2,1-3H3,(H2,23,28)/t14-/m1/s1. The number of nitrogens with zero attached hydrogens (tertiary/aromatic N) is 3. The van der Waals surface area contributed by atoms with Crippen LogP contribution in [0.1, 0.15) is 50.6 Å². The Kier molecular flexibility index (Phi) is 5.87. The second-order valence-electron chi connectivity index (χ2n) is 7.33. The van der Waals surface area contributed by atoms with E-state index >= 15 is 0 Å². The van der Waals surface area contributed by atoms with Gasteiger partial charge in [0.15, 0.2) is 5.78 Å². The number of nitrogens with two attached hydrogens (primary N) is 1. The Balaban J connectivity index is 2.00. The summed E-state index contributed by atoms with van der Waals surface area (Å²) < 4.78 is 2.88. The van der Waals surface area contributed by atoms with Gasteiger partial charge in [0, 0.05) is 23.0 Å². The van der Waals surface area contributed by atoms with E-state index in [4.69, 9.17) is 5.73 Å². The number of carbonyl (C=O) groups excluding carboxylic acids is 2. The normalized spacial score (nSPS) is 11.8. The number of ketones is 1. The average molecular weight is 422 g/mol. The number of rotatable bonds is 7. The minimum Gasteiger partial charge on any atom is -0.365 e. The lowest BCUT2D eigenvalue weighted by Crippen LogP contribution is -2.31. The Morgan fingerprint density at radius 3 is 2.35 bits per heavy atom. The van der Waals surface area contributed by atoms with E-state index in [1.807, 2.05) is 55.7 Å². The predicted molar refractivity (Wildman–Crippen MR) is 114 cm³/mol. The molecule has 1 amide bonds. The summed E-state index contributed by atoms with van der Waals surface area (Å²) in [6.45, 7) is 5.26. The molecule has 0 bridgehead atoms. The summed E-state index contributed by atoms with van der Waals surface area (Å²) in [5.41, 5.74) is 6.34. The van der Waals surface area contributed by atoms with Crippen LogP contribution in [0.5, 0.6) is 0 Å². The second-order valence-corrected chi connectivity index (χ2v) is 7.33. The molecule has 9 heteroatoms. The molecule has 2 N–H and O–H groups in total. The van der Waals surface area contributed by atoms with Gasteiger partial charge in [-0.2, -0.15) is 0 Å². The van der Waals surface area contributed by atoms with Crippen LogP contribution >= 0.6 is 0 Å². The fourth-order valence-corrected chi connectivity index (χ4v) is 3.79. The molecular weight excluding hydrogens is 400 g/mol. The molecule has 0 aliphatic heterocycles. The molecule has 0 aliphatic rings. The smallest absolute Gasteiger partial charge is 0.286 e. The molecule has 31 heavy (non-hydrogen) atoms. The third-order valence-corrected chi connectivity index (χ3v) is 5.32. The molecule has 1 aromatic carbocycles. The molecule has 2 aromatic heterocycles. The van der Waals surface area contributed by atoms with E-state index in [9.17, 15) is 24.5 Å². The molecule has 9 nitrogen and oxygen atoms in total. The number of hydrogen-bond acceptors (Lipinski definition) is 5.